The third-order valence-corrected chi connectivity index (χ3v) is 1.16. The van der Waals surface area contributed by atoms with E-state index in [4.69, 9.17) is 20.4 Å². The first-order chi connectivity index (χ1) is 7.25. The molecule has 92 valence electrons. The zero-order valence-corrected chi connectivity index (χ0v) is 7.39. The van der Waals surface area contributed by atoms with E-state index in [2.05, 4.69) is 9.47 Å². The van der Waals surface area contributed by atoms with E-state index in [1.165, 1.54) is 0 Å². The zero-order chi connectivity index (χ0) is 12.9. The second-order valence-electron chi connectivity index (χ2n) is 2.26. The van der Waals surface area contributed by atoms with Crippen molar-refractivity contribution in [3.05, 3.63) is 0 Å². The van der Waals surface area contributed by atoms with Gasteiger partial charge >= 0.3 is 75.6 Å². The number of aliphatic hydroxyl groups is 2. The van der Waals surface area contributed by atoms with Crippen LogP contribution < -0.4 is 0 Å². The Kier molecular flexibility index (Phi) is 9.41. The predicted molar refractivity (Wildman–Crippen MR) is 47.4 cm³/mol. The monoisotopic (exact) mass is 278 g/mol. The van der Waals surface area contributed by atoms with E-state index < -0.39 is 36.5 Å². The summed E-state index contributed by atoms with van der Waals surface area (Å²) in [4.78, 5) is 40.9. The molecule has 0 radical (unpaired) electrons. The van der Waals surface area contributed by atoms with Gasteiger partial charge in [-0.1, -0.05) is 0 Å². The number of ether oxygens (including phenoxy) is 2. The van der Waals surface area contributed by atoms with Crippen LogP contribution in [0.15, 0.2) is 0 Å². The minimum absolute atomic E-state index is 0. The molecule has 17 heavy (non-hydrogen) atoms. The molecule has 0 spiro atoms. The van der Waals surface area contributed by atoms with Crippen LogP contribution in [0.5, 0.6) is 0 Å². The van der Waals surface area contributed by atoms with Gasteiger partial charge in [0, 0.05) is 0 Å². The fraction of sp³-hybridized carbons (Fsp3) is 0.333. The van der Waals surface area contributed by atoms with E-state index in [1.807, 2.05) is 0 Å². The van der Waals surface area contributed by atoms with Gasteiger partial charge in [0.15, 0.2) is 12.2 Å². The number of aliphatic hydroxyl groups excluding tert-OH is 2. The summed E-state index contributed by atoms with van der Waals surface area (Å²) in [5.41, 5.74) is 0. The third kappa shape index (κ3) is 7.38. The molecule has 0 rings (SSSR count). The van der Waals surface area contributed by atoms with Gasteiger partial charge in [-0.2, -0.15) is 0 Å². The molecule has 10 nitrogen and oxygen atoms in total. The van der Waals surface area contributed by atoms with Crippen molar-refractivity contribution in [3.63, 3.8) is 0 Å². The summed E-state index contributed by atoms with van der Waals surface area (Å²) in [6.07, 6.45) is -9.27. The maximum absolute atomic E-state index is 10.6. The first-order valence-corrected chi connectivity index (χ1v) is 3.51. The number of carbonyl (C=O) groups excluding carboxylic acids is 2. The minimum atomic E-state index is -2.57. The number of carboxylic acid groups (broad SMARTS) is 2. The van der Waals surface area contributed by atoms with Crippen LogP contribution in [-0.2, 0) is 19.1 Å². The van der Waals surface area contributed by atoms with Gasteiger partial charge < -0.3 is 29.9 Å². The Morgan fingerprint density at radius 3 is 1.18 bits per heavy atom. The summed E-state index contributed by atoms with van der Waals surface area (Å²) in [5, 5.41) is 33.6. The van der Waals surface area contributed by atoms with Gasteiger partial charge in [-0.25, -0.2) is 19.2 Å². The van der Waals surface area contributed by atoms with Crippen molar-refractivity contribution in [2.24, 2.45) is 0 Å². The van der Waals surface area contributed by atoms with E-state index in [-0.39, 0.29) is 51.4 Å². The van der Waals surface area contributed by atoms with Crippen molar-refractivity contribution in [2.75, 3.05) is 0 Å². The fourth-order valence-electron chi connectivity index (χ4n) is 0.551. The van der Waals surface area contributed by atoms with Gasteiger partial charge in [-0.15, -0.1) is 0 Å². The molecule has 0 aromatic heterocycles. The molecule has 0 bridgehead atoms. The Labute approximate surface area is 136 Å². The Morgan fingerprint density at radius 2 is 1.00 bits per heavy atom. The van der Waals surface area contributed by atoms with Crippen LogP contribution in [0.2, 0.25) is 0 Å². The SMILES string of the molecule is O=C(O)OC(=O)C(O)C(O)C(=O)OC(=O)O.[KH]. The van der Waals surface area contributed by atoms with Gasteiger partial charge in [0.05, 0.1) is 0 Å². The maximum atomic E-state index is 10.6. The van der Waals surface area contributed by atoms with Crippen molar-refractivity contribution in [3.8, 4) is 0 Å². The van der Waals surface area contributed by atoms with Crippen LogP contribution >= 0.6 is 0 Å². The molecule has 0 aliphatic rings. The third-order valence-electron chi connectivity index (χ3n) is 1.16. The summed E-state index contributed by atoms with van der Waals surface area (Å²) in [5.74, 6) is -3.69. The van der Waals surface area contributed by atoms with Crippen LogP contribution in [-0.4, -0.2) is 108 Å². The molecule has 0 aliphatic heterocycles. The number of esters is 2. The van der Waals surface area contributed by atoms with Gasteiger partial charge in [0.1, 0.15) is 0 Å². The van der Waals surface area contributed by atoms with Crippen LogP contribution in [0.4, 0.5) is 9.59 Å². The van der Waals surface area contributed by atoms with Crippen molar-refractivity contribution >= 4 is 75.6 Å². The second kappa shape index (κ2) is 8.52. The molecule has 0 aromatic carbocycles. The molecule has 2 atom stereocenters. The molecular formula is C6H7KO10. The van der Waals surface area contributed by atoms with Crippen LogP contribution in [0.25, 0.3) is 0 Å². The summed E-state index contributed by atoms with van der Waals surface area (Å²) < 4.78 is 6.80. The fourth-order valence-corrected chi connectivity index (χ4v) is 0.551. The summed E-state index contributed by atoms with van der Waals surface area (Å²) in [6.45, 7) is 0. The molecule has 0 fully saturated rings. The number of hydrogen-bond acceptors (Lipinski definition) is 8. The predicted octanol–water partition coefficient (Wildman–Crippen LogP) is -2.50. The molecule has 4 N–H and O–H groups in total. The second-order valence-corrected chi connectivity index (χ2v) is 2.26. The molecule has 0 heterocycles. The molecule has 0 aliphatic carbocycles. The summed E-state index contributed by atoms with van der Waals surface area (Å²) in [7, 11) is 0. The Balaban J connectivity index is 0. The molecule has 0 saturated carbocycles. The van der Waals surface area contributed by atoms with Crippen molar-refractivity contribution in [2.45, 2.75) is 12.2 Å². The van der Waals surface area contributed by atoms with E-state index >= 15 is 0 Å². The average molecular weight is 278 g/mol. The Hall–Kier alpha value is -0.564. The molecule has 2 unspecified atom stereocenters. The van der Waals surface area contributed by atoms with Crippen molar-refractivity contribution in [1.29, 1.82) is 0 Å². The summed E-state index contributed by atoms with van der Waals surface area (Å²) >= 11 is 0. The molecule has 0 amide bonds. The first-order valence-electron chi connectivity index (χ1n) is 3.51. The topological polar surface area (TPSA) is 168 Å². The van der Waals surface area contributed by atoms with Crippen LogP contribution in [0.3, 0.4) is 0 Å². The molecule has 0 aromatic rings. The van der Waals surface area contributed by atoms with Gasteiger partial charge in [-0.05, 0) is 0 Å². The van der Waals surface area contributed by atoms with Gasteiger partial charge in [0.25, 0.3) is 0 Å². The molecule has 11 heteroatoms. The van der Waals surface area contributed by atoms with Gasteiger partial charge in [-0.3, -0.25) is 0 Å². The van der Waals surface area contributed by atoms with Gasteiger partial charge in [0.2, 0.25) is 0 Å². The van der Waals surface area contributed by atoms with E-state index in [1.54, 1.807) is 0 Å². The van der Waals surface area contributed by atoms with E-state index in [0.29, 0.717) is 0 Å². The molecular weight excluding hydrogens is 271 g/mol. The van der Waals surface area contributed by atoms with Crippen molar-refractivity contribution < 1.29 is 49.1 Å². The Bertz CT molecular complexity index is 293. The number of carbonyl (C=O) groups is 4. The first kappa shape index (κ1) is 18.8. The zero-order valence-electron chi connectivity index (χ0n) is 7.39. The number of rotatable bonds is 3. The number of hydrogen-bond donors (Lipinski definition) is 4. The summed E-state index contributed by atoms with van der Waals surface area (Å²) in [6, 6.07) is 0. The van der Waals surface area contributed by atoms with Crippen LogP contribution in [0, 0.1) is 0 Å². The molecule has 0 saturated heterocycles. The standard InChI is InChI=1S/C6H6O10.K.H/c7-1(3(9)15-5(11)12)2(8)4(10)16-6(13)14;;/h1-2,7-8H,(H,11,12)(H,13,14);;. The average Bonchev–Trinajstić information content (AvgIpc) is 2.13. The van der Waals surface area contributed by atoms with Crippen molar-refractivity contribution in [1.82, 2.24) is 0 Å². The van der Waals surface area contributed by atoms with E-state index in [9.17, 15) is 19.2 Å². The van der Waals surface area contributed by atoms with E-state index in [0.717, 1.165) is 0 Å². The normalized spacial score (nSPS) is 12.6. The Morgan fingerprint density at radius 1 is 0.765 bits per heavy atom. The van der Waals surface area contributed by atoms with Crippen LogP contribution in [0.1, 0.15) is 0 Å². The quantitative estimate of drug-likeness (QED) is 0.246.